The van der Waals surface area contributed by atoms with Gasteiger partial charge in [0.15, 0.2) is 0 Å². The Hall–Kier alpha value is -1.09. The highest BCUT2D eigenvalue weighted by molar-refractivity contribution is 9.10. The van der Waals surface area contributed by atoms with Gasteiger partial charge in [0.1, 0.15) is 0 Å². The molecule has 0 atom stereocenters. The predicted octanol–water partition coefficient (Wildman–Crippen LogP) is 2.51. The molecule has 0 spiro atoms. The molecule has 0 unspecified atom stereocenters. The lowest BCUT2D eigenvalue weighted by molar-refractivity contribution is 0.0999. The van der Waals surface area contributed by atoms with E-state index in [2.05, 4.69) is 28.9 Å². The van der Waals surface area contributed by atoms with Crippen LogP contribution in [-0.4, -0.2) is 5.91 Å². The summed E-state index contributed by atoms with van der Waals surface area (Å²) in [6, 6.07) is 3.64. The highest BCUT2D eigenvalue weighted by Gasteiger charge is 2.18. The van der Waals surface area contributed by atoms with E-state index in [1.165, 1.54) is 5.57 Å². The minimum atomic E-state index is -0.350. The van der Waals surface area contributed by atoms with Crippen molar-refractivity contribution in [2.45, 2.75) is 13.3 Å². The average Bonchev–Trinajstić information content (AvgIpc) is 2.47. The normalized spacial score (nSPS) is 13.7. The number of hydrogen-bond donors (Lipinski definition) is 1. The molecule has 1 aliphatic rings. The third-order valence-electron chi connectivity index (χ3n) is 2.42. The van der Waals surface area contributed by atoms with Crippen LogP contribution in [0.4, 0.5) is 0 Å². The van der Waals surface area contributed by atoms with Crippen molar-refractivity contribution in [2.75, 3.05) is 0 Å². The molecule has 0 saturated carbocycles. The fraction of sp³-hybridized carbons (Fsp3) is 0.182. The second-order valence-electron chi connectivity index (χ2n) is 3.52. The lowest BCUT2D eigenvalue weighted by Gasteiger charge is -2.06. The summed E-state index contributed by atoms with van der Waals surface area (Å²) < 4.78 is 1.02. The van der Waals surface area contributed by atoms with Crippen LogP contribution in [0.5, 0.6) is 0 Å². The Morgan fingerprint density at radius 3 is 2.86 bits per heavy atom. The number of benzene rings is 1. The maximum Gasteiger partial charge on any atom is 0.249 e. The molecule has 2 nitrogen and oxygen atoms in total. The molecule has 0 bridgehead atoms. The predicted molar refractivity (Wildman–Crippen MR) is 60.0 cm³/mol. The van der Waals surface area contributed by atoms with Crippen molar-refractivity contribution in [2.24, 2.45) is 5.73 Å². The Morgan fingerprint density at radius 2 is 2.21 bits per heavy atom. The summed E-state index contributed by atoms with van der Waals surface area (Å²) in [6.45, 7) is 2.05. The summed E-state index contributed by atoms with van der Waals surface area (Å²) in [5, 5.41) is 0. The number of allylic oxidation sites excluding steroid dienone is 1. The van der Waals surface area contributed by atoms with E-state index in [1.807, 2.05) is 6.07 Å². The van der Waals surface area contributed by atoms with Crippen molar-refractivity contribution in [3.8, 4) is 0 Å². The zero-order valence-corrected chi connectivity index (χ0v) is 9.39. The van der Waals surface area contributed by atoms with E-state index in [-0.39, 0.29) is 5.91 Å². The van der Waals surface area contributed by atoms with E-state index in [0.717, 1.165) is 22.0 Å². The average molecular weight is 252 g/mol. The summed E-state index contributed by atoms with van der Waals surface area (Å²) in [5.74, 6) is -0.350. The van der Waals surface area contributed by atoms with Crippen LogP contribution in [0.3, 0.4) is 0 Å². The fourth-order valence-electron chi connectivity index (χ4n) is 1.79. The summed E-state index contributed by atoms with van der Waals surface area (Å²) in [5.41, 5.74) is 9.34. The first kappa shape index (κ1) is 9.46. The van der Waals surface area contributed by atoms with Crippen LogP contribution in [-0.2, 0) is 6.42 Å². The van der Waals surface area contributed by atoms with Crippen molar-refractivity contribution < 1.29 is 4.79 Å². The Balaban J connectivity index is 2.65. The van der Waals surface area contributed by atoms with Crippen LogP contribution in [0.2, 0.25) is 0 Å². The van der Waals surface area contributed by atoms with Crippen LogP contribution in [0.25, 0.3) is 6.08 Å². The molecule has 2 rings (SSSR count). The minimum absolute atomic E-state index is 0.350. The molecule has 0 fully saturated rings. The van der Waals surface area contributed by atoms with E-state index in [0.29, 0.717) is 5.56 Å². The third-order valence-corrected chi connectivity index (χ3v) is 3.11. The number of amides is 1. The largest absolute Gasteiger partial charge is 0.366 e. The second kappa shape index (κ2) is 3.24. The van der Waals surface area contributed by atoms with Crippen LogP contribution in [0.15, 0.2) is 22.2 Å². The molecule has 0 heterocycles. The molecule has 3 heteroatoms. The van der Waals surface area contributed by atoms with Gasteiger partial charge >= 0.3 is 0 Å². The van der Waals surface area contributed by atoms with Gasteiger partial charge in [-0.15, -0.1) is 0 Å². The molecule has 72 valence electrons. The van der Waals surface area contributed by atoms with Crippen LogP contribution in [0.1, 0.15) is 28.4 Å². The van der Waals surface area contributed by atoms with E-state index in [4.69, 9.17) is 5.73 Å². The third kappa shape index (κ3) is 1.38. The molecule has 0 aromatic heterocycles. The number of nitrogens with two attached hydrogens (primary N) is 1. The minimum Gasteiger partial charge on any atom is -0.366 e. The van der Waals surface area contributed by atoms with Gasteiger partial charge in [-0.3, -0.25) is 4.79 Å². The summed E-state index contributed by atoms with van der Waals surface area (Å²) in [7, 11) is 0. The zero-order chi connectivity index (χ0) is 10.3. The smallest absolute Gasteiger partial charge is 0.249 e. The number of carbonyl (C=O) groups excluding carboxylic acids is 1. The highest BCUT2D eigenvalue weighted by atomic mass is 79.9. The Bertz CT molecular complexity index is 449. The lowest BCUT2D eigenvalue weighted by Crippen LogP contribution is -2.13. The molecule has 14 heavy (non-hydrogen) atoms. The zero-order valence-electron chi connectivity index (χ0n) is 7.80. The quantitative estimate of drug-likeness (QED) is 0.819. The van der Waals surface area contributed by atoms with Crippen molar-refractivity contribution >= 4 is 27.9 Å². The molecule has 2 N–H and O–H groups in total. The highest BCUT2D eigenvalue weighted by Crippen LogP contribution is 2.33. The van der Waals surface area contributed by atoms with Gasteiger partial charge in [0.05, 0.1) is 0 Å². The molecule has 1 aromatic carbocycles. The Labute approximate surface area is 90.9 Å². The number of carbonyl (C=O) groups is 1. The molecule has 1 aromatic rings. The molecular weight excluding hydrogens is 242 g/mol. The van der Waals surface area contributed by atoms with E-state index in [1.54, 1.807) is 6.07 Å². The molecule has 1 aliphatic carbocycles. The summed E-state index contributed by atoms with van der Waals surface area (Å²) in [4.78, 5) is 11.2. The lowest BCUT2D eigenvalue weighted by atomic mass is 10.0. The van der Waals surface area contributed by atoms with Gasteiger partial charge in [0.25, 0.3) is 0 Å². The van der Waals surface area contributed by atoms with Gasteiger partial charge in [-0.1, -0.05) is 27.6 Å². The van der Waals surface area contributed by atoms with Crippen LogP contribution >= 0.6 is 15.9 Å². The SMILES string of the molecule is CC1=Cc2c(Br)ccc(C(N)=O)c2C1. The number of rotatable bonds is 1. The maximum absolute atomic E-state index is 11.2. The Morgan fingerprint density at radius 1 is 1.50 bits per heavy atom. The second-order valence-corrected chi connectivity index (χ2v) is 4.37. The monoisotopic (exact) mass is 251 g/mol. The maximum atomic E-state index is 11.2. The number of hydrogen-bond acceptors (Lipinski definition) is 1. The van der Waals surface area contributed by atoms with Gasteiger partial charge in [0.2, 0.25) is 5.91 Å². The first-order valence-corrected chi connectivity index (χ1v) is 5.17. The van der Waals surface area contributed by atoms with Crippen LogP contribution < -0.4 is 5.73 Å². The molecule has 0 radical (unpaired) electrons. The van der Waals surface area contributed by atoms with Gasteiger partial charge in [-0.25, -0.2) is 0 Å². The standard InChI is InChI=1S/C11H10BrNO/c1-6-4-8-7(11(13)14)2-3-10(12)9(8)5-6/h2-3,5H,4H2,1H3,(H2,13,14). The van der Waals surface area contributed by atoms with Gasteiger partial charge < -0.3 is 5.73 Å². The first-order valence-electron chi connectivity index (χ1n) is 4.38. The van der Waals surface area contributed by atoms with E-state index >= 15 is 0 Å². The van der Waals surface area contributed by atoms with Crippen molar-refractivity contribution in [1.82, 2.24) is 0 Å². The first-order chi connectivity index (χ1) is 6.59. The van der Waals surface area contributed by atoms with Gasteiger partial charge in [0, 0.05) is 10.0 Å². The van der Waals surface area contributed by atoms with Crippen molar-refractivity contribution in [1.29, 1.82) is 0 Å². The van der Waals surface area contributed by atoms with E-state index < -0.39 is 0 Å². The molecule has 1 amide bonds. The van der Waals surface area contributed by atoms with Crippen molar-refractivity contribution in [3.05, 3.63) is 38.9 Å². The molecule has 0 aliphatic heterocycles. The Kier molecular flexibility index (Phi) is 2.19. The topological polar surface area (TPSA) is 43.1 Å². The molecular formula is C11H10BrNO. The number of fused-ring (bicyclic) bond motifs is 1. The summed E-state index contributed by atoms with van der Waals surface area (Å²) >= 11 is 3.46. The van der Waals surface area contributed by atoms with Gasteiger partial charge in [-0.2, -0.15) is 0 Å². The number of primary amides is 1. The van der Waals surface area contributed by atoms with E-state index in [9.17, 15) is 4.79 Å². The number of halogens is 1. The van der Waals surface area contributed by atoms with Crippen molar-refractivity contribution in [3.63, 3.8) is 0 Å². The van der Waals surface area contributed by atoms with Gasteiger partial charge in [-0.05, 0) is 36.6 Å². The fourth-order valence-corrected chi connectivity index (χ4v) is 2.28. The molecule has 0 saturated heterocycles. The summed E-state index contributed by atoms with van der Waals surface area (Å²) in [6.07, 6.45) is 2.92. The van der Waals surface area contributed by atoms with Crippen LogP contribution in [0, 0.1) is 0 Å².